The van der Waals surface area contributed by atoms with Crippen LogP contribution in [0.1, 0.15) is 12.5 Å². The van der Waals surface area contributed by atoms with E-state index in [1.807, 2.05) is 18.0 Å². The van der Waals surface area contributed by atoms with Gasteiger partial charge in [-0.3, -0.25) is 9.69 Å². The van der Waals surface area contributed by atoms with E-state index in [0.717, 1.165) is 5.56 Å². The van der Waals surface area contributed by atoms with Crippen LogP contribution in [-0.4, -0.2) is 41.1 Å². The minimum atomic E-state index is -0.398. The molecule has 6 nitrogen and oxygen atoms in total. The highest BCUT2D eigenvalue weighted by Crippen LogP contribution is 2.27. The predicted octanol–water partition coefficient (Wildman–Crippen LogP) is 2.91. The fourth-order valence-electron chi connectivity index (χ4n) is 2.18. The summed E-state index contributed by atoms with van der Waals surface area (Å²) in [5.74, 6) is 0.297. The van der Waals surface area contributed by atoms with Crippen LogP contribution in [0.4, 0.5) is 5.69 Å². The van der Waals surface area contributed by atoms with Crippen LogP contribution in [-0.2, 0) is 11.3 Å². The summed E-state index contributed by atoms with van der Waals surface area (Å²) < 4.78 is 5.02. The highest BCUT2D eigenvalue weighted by molar-refractivity contribution is 6.32. The number of amides is 1. The molecule has 0 radical (unpaired) electrons. The molecule has 0 aliphatic rings. The molecule has 0 bridgehead atoms. The molecule has 1 aromatic carbocycles. The van der Waals surface area contributed by atoms with Crippen molar-refractivity contribution in [1.82, 2.24) is 9.88 Å². The van der Waals surface area contributed by atoms with E-state index < -0.39 is 6.04 Å². The number of hydrogen-bond acceptors (Lipinski definition) is 5. The first-order valence-corrected chi connectivity index (χ1v) is 7.77. The van der Waals surface area contributed by atoms with Crippen molar-refractivity contribution in [3.63, 3.8) is 0 Å². The number of phenolic OH excluding ortho intramolecular Hbond substituents is 1. The zero-order chi connectivity index (χ0) is 17.7. The smallest absolute Gasteiger partial charge is 0.241 e. The number of rotatable bonds is 6. The summed E-state index contributed by atoms with van der Waals surface area (Å²) >= 11 is 5.95. The van der Waals surface area contributed by atoms with E-state index in [9.17, 15) is 9.90 Å². The lowest BCUT2D eigenvalue weighted by Gasteiger charge is -2.24. The lowest BCUT2D eigenvalue weighted by atomic mass is 10.1. The van der Waals surface area contributed by atoms with Crippen LogP contribution in [0.3, 0.4) is 0 Å². The molecule has 0 unspecified atom stereocenters. The maximum atomic E-state index is 12.4. The number of anilines is 1. The number of pyridine rings is 1. The average molecular weight is 350 g/mol. The van der Waals surface area contributed by atoms with Crippen molar-refractivity contribution in [3.05, 3.63) is 47.2 Å². The van der Waals surface area contributed by atoms with Crippen molar-refractivity contribution in [2.75, 3.05) is 19.5 Å². The Morgan fingerprint density at radius 3 is 2.83 bits per heavy atom. The molecular formula is C17H20ClN3O3. The summed E-state index contributed by atoms with van der Waals surface area (Å²) in [5.41, 5.74) is 1.35. The molecule has 0 aliphatic carbocycles. The summed E-state index contributed by atoms with van der Waals surface area (Å²) in [5, 5.41) is 12.8. The average Bonchev–Trinajstić information content (AvgIpc) is 2.56. The molecular weight excluding hydrogens is 330 g/mol. The van der Waals surface area contributed by atoms with Crippen LogP contribution in [0.5, 0.6) is 11.5 Å². The maximum Gasteiger partial charge on any atom is 0.241 e. The van der Waals surface area contributed by atoms with Crippen molar-refractivity contribution in [3.8, 4) is 11.5 Å². The number of ether oxygens (including phenoxy) is 1. The van der Waals surface area contributed by atoms with Gasteiger partial charge in [0, 0.05) is 12.7 Å². The van der Waals surface area contributed by atoms with Gasteiger partial charge in [-0.15, -0.1) is 0 Å². The van der Waals surface area contributed by atoms with Gasteiger partial charge in [-0.05, 0) is 43.8 Å². The van der Waals surface area contributed by atoms with E-state index in [4.69, 9.17) is 16.3 Å². The highest BCUT2D eigenvalue weighted by atomic mass is 35.5. The molecule has 128 valence electrons. The van der Waals surface area contributed by atoms with Gasteiger partial charge in [0.2, 0.25) is 5.91 Å². The van der Waals surface area contributed by atoms with Crippen molar-refractivity contribution in [2.45, 2.75) is 19.5 Å². The van der Waals surface area contributed by atoms with E-state index in [-0.39, 0.29) is 16.8 Å². The minimum absolute atomic E-state index is 0.0719. The van der Waals surface area contributed by atoms with Crippen molar-refractivity contribution >= 4 is 23.2 Å². The number of aromatic nitrogens is 1. The van der Waals surface area contributed by atoms with Gasteiger partial charge in [-0.25, -0.2) is 4.98 Å². The fourth-order valence-corrected chi connectivity index (χ4v) is 2.34. The Balaban J connectivity index is 2.01. The van der Waals surface area contributed by atoms with E-state index in [0.29, 0.717) is 18.0 Å². The molecule has 7 heteroatoms. The summed E-state index contributed by atoms with van der Waals surface area (Å²) in [6.07, 6.45) is 1.56. The van der Waals surface area contributed by atoms with E-state index in [1.54, 1.807) is 37.4 Å². The Hall–Kier alpha value is -2.31. The lowest BCUT2D eigenvalue weighted by molar-refractivity contribution is -0.120. The molecule has 0 saturated carbocycles. The van der Waals surface area contributed by atoms with E-state index in [1.165, 1.54) is 7.11 Å². The molecule has 0 aliphatic heterocycles. The Morgan fingerprint density at radius 2 is 2.21 bits per heavy atom. The van der Waals surface area contributed by atoms with Crippen LogP contribution in [0.15, 0.2) is 36.5 Å². The van der Waals surface area contributed by atoms with Gasteiger partial charge in [-0.1, -0.05) is 17.7 Å². The maximum absolute atomic E-state index is 12.4. The fraction of sp³-hybridized carbons (Fsp3) is 0.294. The number of hydrogen-bond donors (Lipinski definition) is 2. The quantitative estimate of drug-likeness (QED) is 0.784. The molecule has 2 aromatic rings. The van der Waals surface area contributed by atoms with Gasteiger partial charge < -0.3 is 15.2 Å². The second-order valence-electron chi connectivity index (χ2n) is 5.43. The van der Waals surface area contributed by atoms with Crippen LogP contribution >= 0.6 is 11.6 Å². The van der Waals surface area contributed by atoms with Gasteiger partial charge in [0.1, 0.15) is 0 Å². The molecule has 2 rings (SSSR count). The Labute approximate surface area is 146 Å². The monoisotopic (exact) mass is 349 g/mol. The third-order valence-electron chi connectivity index (χ3n) is 3.73. The van der Waals surface area contributed by atoms with Gasteiger partial charge >= 0.3 is 0 Å². The molecule has 1 atom stereocenters. The minimum Gasteiger partial charge on any atom is -0.504 e. The third-order valence-corrected chi connectivity index (χ3v) is 4.03. The van der Waals surface area contributed by atoms with Gasteiger partial charge in [0.25, 0.3) is 0 Å². The zero-order valence-corrected chi connectivity index (χ0v) is 14.5. The molecule has 1 heterocycles. The van der Waals surface area contributed by atoms with Crippen LogP contribution in [0, 0.1) is 0 Å². The molecule has 0 spiro atoms. The van der Waals surface area contributed by atoms with Crippen LogP contribution < -0.4 is 10.1 Å². The number of nitrogens with zero attached hydrogens (tertiary/aromatic N) is 2. The molecule has 24 heavy (non-hydrogen) atoms. The molecule has 0 fully saturated rings. The van der Waals surface area contributed by atoms with Gasteiger partial charge in [0.05, 0.1) is 18.8 Å². The van der Waals surface area contributed by atoms with Crippen LogP contribution in [0.2, 0.25) is 5.15 Å². The largest absolute Gasteiger partial charge is 0.504 e. The molecule has 1 amide bonds. The number of aromatic hydroxyl groups is 1. The number of carbonyl (C=O) groups is 1. The van der Waals surface area contributed by atoms with Gasteiger partial charge in [0.15, 0.2) is 16.7 Å². The second-order valence-corrected chi connectivity index (χ2v) is 5.79. The van der Waals surface area contributed by atoms with Gasteiger partial charge in [-0.2, -0.15) is 0 Å². The van der Waals surface area contributed by atoms with E-state index in [2.05, 4.69) is 10.3 Å². The van der Waals surface area contributed by atoms with E-state index >= 15 is 0 Å². The molecule has 0 saturated heterocycles. The van der Waals surface area contributed by atoms with Crippen molar-refractivity contribution in [2.24, 2.45) is 0 Å². The van der Waals surface area contributed by atoms with Crippen LogP contribution in [0.25, 0.3) is 0 Å². The standard InChI is InChI=1S/C17H20ClN3O3/c1-11(17(23)20-13-5-4-8-19-16(13)18)21(2)10-12-6-7-15(24-3)14(22)9-12/h4-9,11,22H,10H2,1-3H3,(H,20,23)/t11-/m0/s1. The Kier molecular flexibility index (Phi) is 6.00. The summed E-state index contributed by atoms with van der Waals surface area (Å²) in [6.45, 7) is 2.29. The number of likely N-dealkylation sites (N-methyl/N-ethyl adjacent to an activating group) is 1. The second kappa shape index (κ2) is 7.99. The normalized spacial score (nSPS) is 12.0. The first-order chi connectivity index (χ1) is 11.4. The zero-order valence-electron chi connectivity index (χ0n) is 13.8. The first kappa shape index (κ1) is 18.0. The molecule has 2 N–H and O–H groups in total. The van der Waals surface area contributed by atoms with Crippen molar-refractivity contribution in [1.29, 1.82) is 0 Å². The summed E-state index contributed by atoms with van der Waals surface area (Å²) in [7, 11) is 3.33. The topological polar surface area (TPSA) is 74.7 Å². The Morgan fingerprint density at radius 1 is 1.46 bits per heavy atom. The number of phenols is 1. The summed E-state index contributed by atoms with van der Waals surface area (Å²) in [4.78, 5) is 18.1. The number of carbonyl (C=O) groups excluding carboxylic acids is 1. The predicted molar refractivity (Wildman–Crippen MR) is 93.5 cm³/mol. The number of methoxy groups -OCH3 is 1. The Bertz CT molecular complexity index is 724. The highest BCUT2D eigenvalue weighted by Gasteiger charge is 2.19. The van der Waals surface area contributed by atoms with Crippen molar-refractivity contribution < 1.29 is 14.6 Å². The number of benzene rings is 1. The molecule has 1 aromatic heterocycles. The SMILES string of the molecule is COc1ccc(CN(C)[C@@H](C)C(=O)Nc2cccnc2Cl)cc1O. The lowest BCUT2D eigenvalue weighted by Crippen LogP contribution is -2.39. The first-order valence-electron chi connectivity index (χ1n) is 7.40. The number of nitrogens with one attached hydrogen (secondary N) is 1. The third kappa shape index (κ3) is 4.37. The summed E-state index contributed by atoms with van der Waals surface area (Å²) in [6, 6.07) is 8.16. The number of halogens is 1.